The van der Waals surface area contributed by atoms with E-state index < -0.39 is 0 Å². The third-order valence-corrected chi connectivity index (χ3v) is 4.90. The molecule has 2 aromatic heterocycles. The van der Waals surface area contributed by atoms with E-state index in [-0.39, 0.29) is 0 Å². The minimum Gasteiger partial charge on any atom is -0.497 e. The summed E-state index contributed by atoms with van der Waals surface area (Å²) < 4.78 is 11.2. The van der Waals surface area contributed by atoms with Crippen LogP contribution in [0.4, 0.5) is 0 Å². The first-order valence-corrected chi connectivity index (χ1v) is 8.18. The van der Waals surface area contributed by atoms with E-state index in [1.165, 1.54) is 10.9 Å². The molecule has 0 saturated heterocycles. The van der Waals surface area contributed by atoms with Crippen molar-refractivity contribution in [2.24, 2.45) is 5.92 Å². The summed E-state index contributed by atoms with van der Waals surface area (Å²) in [6.07, 6.45) is 3.59. The molecule has 0 saturated carbocycles. The predicted octanol–water partition coefficient (Wildman–Crippen LogP) is 3.49. The molecule has 1 aliphatic rings. The van der Waals surface area contributed by atoms with Crippen LogP contribution < -0.4 is 9.47 Å². The summed E-state index contributed by atoms with van der Waals surface area (Å²) in [7, 11) is 1.68. The SMILES string of the molecule is COc1ccc2c(c1)OC[C@@H](Cc1ncnc3sccc13)C2. The molecule has 0 spiro atoms. The van der Waals surface area contributed by atoms with Gasteiger partial charge in [-0.25, -0.2) is 9.97 Å². The van der Waals surface area contributed by atoms with E-state index in [4.69, 9.17) is 9.47 Å². The number of methoxy groups -OCH3 is 1. The molecule has 1 aliphatic heterocycles. The normalized spacial score (nSPS) is 17.0. The van der Waals surface area contributed by atoms with Gasteiger partial charge < -0.3 is 9.47 Å². The number of ether oxygens (including phenoxy) is 2. The zero-order valence-electron chi connectivity index (χ0n) is 12.3. The first-order valence-electron chi connectivity index (χ1n) is 7.30. The average molecular weight is 312 g/mol. The Balaban J connectivity index is 1.56. The topological polar surface area (TPSA) is 44.2 Å². The van der Waals surface area contributed by atoms with Gasteiger partial charge in [-0.2, -0.15) is 0 Å². The number of benzene rings is 1. The maximum atomic E-state index is 5.92. The fourth-order valence-corrected chi connectivity index (χ4v) is 3.70. The third kappa shape index (κ3) is 2.41. The Morgan fingerprint density at radius 2 is 2.27 bits per heavy atom. The Morgan fingerprint density at radius 3 is 3.18 bits per heavy atom. The van der Waals surface area contributed by atoms with Gasteiger partial charge in [0.2, 0.25) is 0 Å². The van der Waals surface area contributed by atoms with Crippen LogP contribution in [0.3, 0.4) is 0 Å². The quantitative estimate of drug-likeness (QED) is 0.742. The molecule has 0 N–H and O–H groups in total. The number of fused-ring (bicyclic) bond motifs is 2. The molecule has 1 aromatic carbocycles. The van der Waals surface area contributed by atoms with Crippen LogP contribution in [0.5, 0.6) is 11.5 Å². The van der Waals surface area contributed by atoms with E-state index in [0.717, 1.165) is 41.5 Å². The van der Waals surface area contributed by atoms with E-state index in [1.807, 2.05) is 12.1 Å². The average Bonchev–Trinajstić information content (AvgIpc) is 3.04. The van der Waals surface area contributed by atoms with E-state index in [0.29, 0.717) is 5.92 Å². The van der Waals surface area contributed by atoms with Crippen molar-refractivity contribution in [3.63, 3.8) is 0 Å². The van der Waals surface area contributed by atoms with Gasteiger partial charge in [0.25, 0.3) is 0 Å². The van der Waals surface area contributed by atoms with Crippen LogP contribution >= 0.6 is 11.3 Å². The number of hydrogen-bond donors (Lipinski definition) is 0. The highest BCUT2D eigenvalue weighted by Gasteiger charge is 2.22. The van der Waals surface area contributed by atoms with Crippen LogP contribution in [0.2, 0.25) is 0 Å². The minimum absolute atomic E-state index is 0.443. The highest BCUT2D eigenvalue weighted by molar-refractivity contribution is 7.16. The molecule has 4 rings (SSSR count). The van der Waals surface area contributed by atoms with Crippen molar-refractivity contribution in [1.29, 1.82) is 0 Å². The van der Waals surface area contributed by atoms with E-state index in [1.54, 1.807) is 24.8 Å². The molecule has 0 bridgehead atoms. The lowest BCUT2D eigenvalue weighted by atomic mass is 9.92. The summed E-state index contributed by atoms with van der Waals surface area (Å²) >= 11 is 1.66. The van der Waals surface area contributed by atoms with E-state index >= 15 is 0 Å². The van der Waals surface area contributed by atoms with Gasteiger partial charge >= 0.3 is 0 Å². The fourth-order valence-electron chi connectivity index (χ4n) is 2.95. The number of nitrogens with zero attached hydrogens (tertiary/aromatic N) is 2. The highest BCUT2D eigenvalue weighted by atomic mass is 32.1. The molecule has 5 heteroatoms. The first-order chi connectivity index (χ1) is 10.8. The van der Waals surface area contributed by atoms with Crippen LogP contribution in [0.25, 0.3) is 10.2 Å². The van der Waals surface area contributed by atoms with Crippen molar-refractivity contribution in [1.82, 2.24) is 9.97 Å². The summed E-state index contributed by atoms with van der Waals surface area (Å²) in [6.45, 7) is 0.718. The smallest absolute Gasteiger partial charge is 0.126 e. The summed E-state index contributed by atoms with van der Waals surface area (Å²) in [5.41, 5.74) is 2.37. The lowest BCUT2D eigenvalue weighted by molar-refractivity contribution is 0.220. The lowest BCUT2D eigenvalue weighted by Gasteiger charge is -2.25. The number of rotatable bonds is 3. The Hall–Kier alpha value is -2.14. The number of thiophene rings is 1. The minimum atomic E-state index is 0.443. The van der Waals surface area contributed by atoms with Crippen LogP contribution in [0.15, 0.2) is 36.0 Å². The summed E-state index contributed by atoms with van der Waals surface area (Å²) in [6, 6.07) is 8.16. The van der Waals surface area contributed by atoms with Gasteiger partial charge in [-0.05, 0) is 35.9 Å². The zero-order valence-corrected chi connectivity index (χ0v) is 13.1. The fraction of sp³-hybridized carbons (Fsp3) is 0.294. The van der Waals surface area contributed by atoms with Gasteiger partial charge in [0.1, 0.15) is 22.7 Å². The standard InChI is InChI=1S/C17H16N2O2S/c1-20-13-3-2-12-6-11(9-21-16(12)8-13)7-15-14-4-5-22-17(14)19-10-18-15/h2-5,8,10-11H,6-7,9H2,1H3/t11-/m1/s1. The van der Waals surface area contributed by atoms with Crippen LogP contribution in [0.1, 0.15) is 11.3 Å². The number of hydrogen-bond acceptors (Lipinski definition) is 5. The first kappa shape index (κ1) is 13.5. The summed E-state index contributed by atoms with van der Waals surface area (Å²) in [5, 5.41) is 3.25. The largest absolute Gasteiger partial charge is 0.497 e. The van der Waals surface area contributed by atoms with Crippen LogP contribution in [-0.2, 0) is 12.8 Å². The lowest BCUT2D eigenvalue weighted by Crippen LogP contribution is -2.23. The van der Waals surface area contributed by atoms with Gasteiger partial charge in [0.05, 0.1) is 19.4 Å². The van der Waals surface area contributed by atoms with Crippen molar-refractivity contribution in [2.75, 3.05) is 13.7 Å². The Labute approximate surface area is 132 Å². The molecule has 4 nitrogen and oxygen atoms in total. The van der Waals surface area contributed by atoms with Crippen molar-refractivity contribution in [3.05, 3.63) is 47.2 Å². The zero-order chi connectivity index (χ0) is 14.9. The van der Waals surface area contributed by atoms with Crippen molar-refractivity contribution in [3.8, 4) is 11.5 Å². The van der Waals surface area contributed by atoms with E-state index in [9.17, 15) is 0 Å². The maximum absolute atomic E-state index is 5.92. The summed E-state index contributed by atoms with van der Waals surface area (Å²) in [5.74, 6) is 2.23. The second-order valence-electron chi connectivity index (χ2n) is 5.52. The van der Waals surface area contributed by atoms with Gasteiger partial charge in [0.15, 0.2) is 0 Å². The molecule has 22 heavy (non-hydrogen) atoms. The second-order valence-corrected chi connectivity index (χ2v) is 6.41. The van der Waals surface area contributed by atoms with E-state index in [2.05, 4.69) is 27.5 Å². The van der Waals surface area contributed by atoms with Gasteiger partial charge in [-0.3, -0.25) is 0 Å². The molecular weight excluding hydrogens is 296 g/mol. The molecule has 0 aliphatic carbocycles. The van der Waals surface area contributed by atoms with Gasteiger partial charge in [-0.1, -0.05) is 6.07 Å². The molecule has 0 fully saturated rings. The molecule has 0 radical (unpaired) electrons. The molecule has 3 aromatic rings. The second kappa shape index (κ2) is 5.57. The van der Waals surface area contributed by atoms with Gasteiger partial charge in [-0.15, -0.1) is 11.3 Å². The molecule has 3 heterocycles. The van der Waals surface area contributed by atoms with Crippen LogP contribution in [-0.4, -0.2) is 23.7 Å². The highest BCUT2D eigenvalue weighted by Crippen LogP contribution is 2.32. The molecule has 0 unspecified atom stereocenters. The molecule has 0 amide bonds. The Bertz CT molecular complexity index is 815. The number of aromatic nitrogens is 2. The molecule has 1 atom stereocenters. The Morgan fingerprint density at radius 1 is 1.32 bits per heavy atom. The monoisotopic (exact) mass is 312 g/mol. The van der Waals surface area contributed by atoms with Crippen molar-refractivity contribution >= 4 is 21.6 Å². The Kier molecular flexibility index (Phi) is 3.42. The molecule has 112 valence electrons. The van der Waals surface area contributed by atoms with Crippen molar-refractivity contribution < 1.29 is 9.47 Å². The predicted molar refractivity (Wildman–Crippen MR) is 86.8 cm³/mol. The molecular formula is C17H16N2O2S. The maximum Gasteiger partial charge on any atom is 0.126 e. The summed E-state index contributed by atoms with van der Waals surface area (Å²) in [4.78, 5) is 9.85. The third-order valence-electron chi connectivity index (χ3n) is 4.08. The van der Waals surface area contributed by atoms with Crippen LogP contribution in [0, 0.1) is 5.92 Å². The van der Waals surface area contributed by atoms with Crippen molar-refractivity contribution in [2.45, 2.75) is 12.8 Å². The van der Waals surface area contributed by atoms with Gasteiger partial charge in [0, 0.05) is 17.4 Å².